The molecule has 0 saturated carbocycles. The third-order valence-electron chi connectivity index (χ3n) is 25.7. The first-order valence-corrected chi connectivity index (χ1v) is 41.8. The second kappa shape index (κ2) is 26.5. The molecule has 0 unspecified atom stereocenters. The molecular weight excluding hydrogens is 1480 g/mol. The molecule has 568 valence electrons. The highest BCUT2D eigenvalue weighted by molar-refractivity contribution is 6.18. The highest BCUT2D eigenvalue weighted by atomic mass is 15.1. The number of para-hydroxylation sites is 12. The minimum atomic E-state index is 0.876. The van der Waals surface area contributed by atoms with Gasteiger partial charge in [0, 0.05) is 120 Å². The fourth-order valence-electron chi connectivity index (χ4n) is 20.6. The molecule has 0 aliphatic rings. The van der Waals surface area contributed by atoms with Crippen molar-refractivity contribution >= 4 is 174 Å². The van der Waals surface area contributed by atoms with E-state index in [1.54, 1.807) is 0 Å². The lowest BCUT2D eigenvalue weighted by Crippen LogP contribution is -2.03. The van der Waals surface area contributed by atoms with Gasteiger partial charge in [0.1, 0.15) is 11.6 Å². The Morgan fingerprint density at radius 3 is 0.500 bits per heavy atom. The van der Waals surface area contributed by atoms with E-state index in [9.17, 15) is 0 Å². The molecule has 0 spiro atoms. The smallest absolute Gasteiger partial charge is 0.140 e. The number of fused-ring (bicyclic) bond motifs is 24. The molecule has 9 nitrogen and oxygen atoms in total. The monoisotopic (exact) mass is 1550 g/mol. The molecule has 122 heavy (non-hydrogen) atoms. The first-order chi connectivity index (χ1) is 60.6. The highest BCUT2D eigenvalue weighted by Gasteiger charge is 2.24. The molecule has 0 aliphatic carbocycles. The van der Waals surface area contributed by atoms with Gasteiger partial charge in [-0.1, -0.05) is 249 Å². The Morgan fingerprint density at radius 1 is 0.115 bits per heavy atom. The maximum Gasteiger partial charge on any atom is 0.140 e. The molecular formula is C113H71N9. The Labute approximate surface area is 698 Å². The van der Waals surface area contributed by atoms with Gasteiger partial charge in [-0.25, -0.2) is 4.98 Å². The fourth-order valence-corrected chi connectivity index (χ4v) is 20.6. The van der Waals surface area contributed by atoms with Crippen molar-refractivity contribution in [2.24, 2.45) is 0 Å². The Kier molecular flexibility index (Phi) is 14.7. The molecule has 27 aromatic rings. The van der Waals surface area contributed by atoms with E-state index in [0.29, 0.717) is 0 Å². The van der Waals surface area contributed by atoms with E-state index < -0.39 is 0 Å². The molecule has 9 heterocycles. The van der Waals surface area contributed by atoms with Gasteiger partial charge in [-0.2, -0.15) is 0 Å². The van der Waals surface area contributed by atoms with E-state index in [1.807, 2.05) is 0 Å². The molecule has 27 rings (SSSR count). The second-order valence-corrected chi connectivity index (χ2v) is 32.1. The van der Waals surface area contributed by atoms with Gasteiger partial charge in [0.25, 0.3) is 0 Å². The van der Waals surface area contributed by atoms with Crippen LogP contribution in [0.2, 0.25) is 0 Å². The molecule has 0 radical (unpaired) electrons. The van der Waals surface area contributed by atoms with E-state index in [-0.39, 0.29) is 0 Å². The van der Waals surface area contributed by atoms with Crippen molar-refractivity contribution in [3.8, 4) is 56.9 Å². The van der Waals surface area contributed by atoms with Crippen LogP contribution in [0.1, 0.15) is 0 Å². The van der Waals surface area contributed by atoms with Crippen LogP contribution in [0.5, 0.6) is 0 Å². The summed E-state index contributed by atoms with van der Waals surface area (Å²) in [6.45, 7) is 0. The maximum atomic E-state index is 5.48. The molecule has 0 bridgehead atoms. The van der Waals surface area contributed by atoms with Gasteiger partial charge in [-0.05, 0) is 193 Å². The molecule has 0 atom stereocenters. The highest BCUT2D eigenvalue weighted by Crippen LogP contribution is 2.45. The number of rotatable bonds is 9. The third kappa shape index (κ3) is 10.0. The van der Waals surface area contributed by atoms with Gasteiger partial charge in [-0.15, -0.1) is 0 Å². The molecule has 0 N–H and O–H groups in total. The maximum absolute atomic E-state index is 5.48. The van der Waals surface area contributed by atoms with Crippen molar-refractivity contribution in [2.45, 2.75) is 0 Å². The molecule has 9 heteroatoms. The molecule has 18 aromatic carbocycles. The van der Waals surface area contributed by atoms with E-state index >= 15 is 0 Å². The van der Waals surface area contributed by atoms with Crippen LogP contribution in [0.4, 0.5) is 0 Å². The molecule has 0 fully saturated rings. The van der Waals surface area contributed by atoms with E-state index in [4.69, 9.17) is 4.98 Å². The van der Waals surface area contributed by atoms with Gasteiger partial charge in [0.15, 0.2) is 0 Å². The molecule has 0 amide bonds. The number of hydrogen-bond donors (Lipinski definition) is 0. The zero-order chi connectivity index (χ0) is 79.8. The quantitative estimate of drug-likeness (QED) is 0.142. The van der Waals surface area contributed by atoms with Crippen LogP contribution in [0.15, 0.2) is 431 Å². The first kappa shape index (κ1) is 67.7. The van der Waals surface area contributed by atoms with Crippen LogP contribution in [0.25, 0.3) is 231 Å². The number of nitrogens with zero attached hydrogens (tertiary/aromatic N) is 9. The molecule has 0 aliphatic heterocycles. The van der Waals surface area contributed by atoms with Crippen molar-refractivity contribution in [3.05, 3.63) is 431 Å². The minimum absolute atomic E-state index is 0.876. The van der Waals surface area contributed by atoms with Gasteiger partial charge in [0.2, 0.25) is 0 Å². The predicted molar refractivity (Wildman–Crippen MR) is 511 cm³/mol. The summed E-state index contributed by atoms with van der Waals surface area (Å²) < 4.78 is 19.1. The van der Waals surface area contributed by atoms with Gasteiger partial charge in [0.05, 0.1) is 88.3 Å². The summed E-state index contributed by atoms with van der Waals surface area (Å²) in [6.07, 6.45) is 0. The summed E-state index contributed by atoms with van der Waals surface area (Å²) in [7, 11) is 0. The average molecular weight is 1550 g/mol. The summed E-state index contributed by atoms with van der Waals surface area (Å²) in [5.74, 6) is 1.75. The zero-order valence-corrected chi connectivity index (χ0v) is 66.0. The zero-order valence-electron chi connectivity index (χ0n) is 66.0. The van der Waals surface area contributed by atoms with Crippen molar-refractivity contribution < 1.29 is 0 Å². The Hall–Kier alpha value is -16.5. The van der Waals surface area contributed by atoms with Crippen LogP contribution >= 0.6 is 0 Å². The standard InChI is InChI=1S/C60H38N4.C53H33N5/c1-7-25-53-45(19-1)46-20-2-8-26-54(46)63(53)43-31-33-59-51(37-43)49-23-5-11-29-57(49)61(59)41-17-13-15-39(35-41)40-16-14-18-42(36-40)62-58-30-12-6-24-50(58)52-38-44(32-34-60(52)62)64-55-27-9-3-21-47(55)48-22-4-10-28-56(48)64;1-7-20-44-36(14-1)37-15-2-8-21-45(37)55(44)34-28-30-50-42(32-34)40-18-5-11-24-48(40)57(50)52-26-13-27-53(54-52)58-49-25-12-6-19-41(49)43-33-35(29-31-51(43)58)56-46-22-9-3-16-38(46)39-17-4-10-23-47(39)56/h1-38H;1-33H. The Balaban J connectivity index is 0.000000132. The largest absolute Gasteiger partial charge is 0.309 e. The lowest BCUT2D eigenvalue weighted by molar-refractivity contribution is 1.01. The van der Waals surface area contributed by atoms with E-state index in [0.717, 1.165) is 67.8 Å². The SMILES string of the molecule is c1cc(-c2cccc(-n3c4ccccc4c4cc(-n5c6ccccc6c6ccccc65)ccc43)c2)cc(-n2c3ccccc3c3cc(-n4c5ccccc5c5ccccc54)ccc32)c1.c1cc(-n2c3ccccc3c3cc(-n4c5ccccc5c5ccccc54)ccc32)nc(-n2c3ccccc3c3cc(-n4c5ccccc5c5ccccc54)ccc32)c1. The topological polar surface area (TPSA) is 52.3 Å². The number of hydrogen-bond acceptors (Lipinski definition) is 1. The normalized spacial score (nSPS) is 12.1. The average Bonchev–Trinajstić information content (AvgIpc) is 1.58. The van der Waals surface area contributed by atoms with Crippen molar-refractivity contribution in [3.63, 3.8) is 0 Å². The minimum Gasteiger partial charge on any atom is -0.309 e. The number of aromatic nitrogens is 9. The van der Waals surface area contributed by atoms with Crippen molar-refractivity contribution in [1.29, 1.82) is 0 Å². The molecule has 9 aromatic heterocycles. The van der Waals surface area contributed by atoms with Gasteiger partial charge < -0.3 is 27.4 Å². The van der Waals surface area contributed by atoms with Crippen LogP contribution in [0, 0.1) is 0 Å². The Bertz CT molecular complexity index is 8340. The first-order valence-electron chi connectivity index (χ1n) is 41.8. The lowest BCUT2D eigenvalue weighted by atomic mass is 10.0. The van der Waals surface area contributed by atoms with Gasteiger partial charge >= 0.3 is 0 Å². The van der Waals surface area contributed by atoms with Crippen LogP contribution in [-0.2, 0) is 0 Å². The van der Waals surface area contributed by atoms with Gasteiger partial charge in [-0.3, -0.25) is 9.13 Å². The summed E-state index contributed by atoms with van der Waals surface area (Å²) in [6, 6.07) is 157. The number of benzene rings is 18. The summed E-state index contributed by atoms with van der Waals surface area (Å²) >= 11 is 0. The van der Waals surface area contributed by atoms with Crippen LogP contribution < -0.4 is 0 Å². The van der Waals surface area contributed by atoms with Crippen LogP contribution in [-0.4, -0.2) is 41.5 Å². The van der Waals surface area contributed by atoms with Crippen molar-refractivity contribution in [1.82, 2.24) is 41.5 Å². The Morgan fingerprint density at radius 2 is 0.279 bits per heavy atom. The molecule has 0 saturated heterocycles. The van der Waals surface area contributed by atoms with Crippen LogP contribution in [0.3, 0.4) is 0 Å². The fraction of sp³-hybridized carbons (Fsp3) is 0. The predicted octanol–water partition coefficient (Wildman–Crippen LogP) is 29.2. The summed E-state index contributed by atoms with van der Waals surface area (Å²) in [5, 5.41) is 19.8. The summed E-state index contributed by atoms with van der Waals surface area (Å²) in [4.78, 5) is 5.48. The summed E-state index contributed by atoms with van der Waals surface area (Å²) in [5.41, 5.74) is 28.1. The number of pyridine rings is 1. The van der Waals surface area contributed by atoms with E-state index in [2.05, 4.69) is 467 Å². The van der Waals surface area contributed by atoms with Crippen molar-refractivity contribution in [2.75, 3.05) is 0 Å². The second-order valence-electron chi connectivity index (χ2n) is 32.1. The van der Waals surface area contributed by atoms with E-state index in [1.165, 1.54) is 164 Å². The third-order valence-corrected chi connectivity index (χ3v) is 25.7. The lowest BCUT2D eigenvalue weighted by Gasteiger charge is -2.13.